The fraction of sp³-hybridized carbons (Fsp3) is 0.174. The summed E-state index contributed by atoms with van der Waals surface area (Å²) in [7, 11) is 4.19. The molecule has 0 aliphatic heterocycles. The number of aryl methyl sites for hydroxylation is 1. The van der Waals surface area contributed by atoms with Crippen LogP contribution in [-0.2, 0) is 6.54 Å². The SMILES string of the molecule is Cc1cccc2c(-c3ncc(CN(C)C)c4ccccc34)cccc12. The van der Waals surface area contributed by atoms with E-state index < -0.39 is 0 Å². The van der Waals surface area contributed by atoms with Gasteiger partial charge in [0, 0.05) is 23.7 Å². The summed E-state index contributed by atoms with van der Waals surface area (Å²) < 4.78 is 0. The lowest BCUT2D eigenvalue weighted by Gasteiger charge is -2.15. The van der Waals surface area contributed by atoms with E-state index in [9.17, 15) is 0 Å². The quantitative estimate of drug-likeness (QED) is 0.499. The summed E-state index contributed by atoms with van der Waals surface area (Å²) in [6.07, 6.45) is 2.03. The molecular weight excluding hydrogens is 304 g/mol. The van der Waals surface area contributed by atoms with E-state index in [0.717, 1.165) is 12.2 Å². The first kappa shape index (κ1) is 15.8. The fourth-order valence-corrected chi connectivity index (χ4v) is 3.61. The Labute approximate surface area is 148 Å². The van der Waals surface area contributed by atoms with Crippen LogP contribution >= 0.6 is 0 Å². The molecule has 4 aromatic rings. The summed E-state index contributed by atoms with van der Waals surface area (Å²) in [6, 6.07) is 21.6. The molecule has 2 heteroatoms. The smallest absolute Gasteiger partial charge is 0.0786 e. The van der Waals surface area contributed by atoms with Crippen LogP contribution in [0.5, 0.6) is 0 Å². The predicted octanol–water partition coefficient (Wildman–Crippen LogP) is 5.43. The number of pyridine rings is 1. The second-order valence-corrected chi connectivity index (χ2v) is 6.89. The number of rotatable bonds is 3. The van der Waals surface area contributed by atoms with Crippen molar-refractivity contribution in [1.82, 2.24) is 9.88 Å². The molecule has 0 saturated carbocycles. The van der Waals surface area contributed by atoms with Gasteiger partial charge in [-0.25, -0.2) is 0 Å². The van der Waals surface area contributed by atoms with E-state index in [1.165, 1.54) is 38.2 Å². The molecule has 0 fully saturated rings. The maximum Gasteiger partial charge on any atom is 0.0786 e. The summed E-state index contributed by atoms with van der Waals surface area (Å²) in [6.45, 7) is 3.06. The van der Waals surface area contributed by atoms with Gasteiger partial charge in [0.15, 0.2) is 0 Å². The van der Waals surface area contributed by atoms with E-state index in [2.05, 4.69) is 86.6 Å². The Balaban J connectivity index is 2.02. The zero-order valence-electron chi connectivity index (χ0n) is 15.0. The number of aromatic nitrogens is 1. The van der Waals surface area contributed by atoms with Crippen molar-refractivity contribution in [1.29, 1.82) is 0 Å². The Morgan fingerprint density at radius 3 is 2.24 bits per heavy atom. The van der Waals surface area contributed by atoms with E-state index in [0.29, 0.717) is 0 Å². The molecule has 25 heavy (non-hydrogen) atoms. The molecule has 3 aromatic carbocycles. The van der Waals surface area contributed by atoms with Gasteiger partial charge in [-0.15, -0.1) is 0 Å². The lowest BCUT2D eigenvalue weighted by Crippen LogP contribution is -2.11. The third kappa shape index (κ3) is 2.79. The minimum atomic E-state index is 0.891. The Bertz CT molecular complexity index is 1060. The first-order valence-electron chi connectivity index (χ1n) is 8.65. The normalized spacial score (nSPS) is 11.5. The first-order chi connectivity index (χ1) is 12.1. The molecule has 0 aliphatic carbocycles. The maximum atomic E-state index is 4.88. The van der Waals surface area contributed by atoms with Crippen LogP contribution in [0.3, 0.4) is 0 Å². The van der Waals surface area contributed by atoms with Crippen LogP contribution in [0.4, 0.5) is 0 Å². The highest BCUT2D eigenvalue weighted by atomic mass is 15.0. The molecule has 0 saturated heterocycles. The van der Waals surface area contributed by atoms with E-state index >= 15 is 0 Å². The number of hydrogen-bond donors (Lipinski definition) is 0. The summed E-state index contributed by atoms with van der Waals surface area (Å²) >= 11 is 0. The van der Waals surface area contributed by atoms with Crippen molar-refractivity contribution in [2.45, 2.75) is 13.5 Å². The number of fused-ring (bicyclic) bond motifs is 2. The van der Waals surface area contributed by atoms with Crippen LogP contribution in [0.15, 0.2) is 66.9 Å². The summed E-state index contributed by atoms with van der Waals surface area (Å²) in [5, 5.41) is 5.06. The fourth-order valence-electron chi connectivity index (χ4n) is 3.61. The van der Waals surface area contributed by atoms with E-state index in [4.69, 9.17) is 4.98 Å². The first-order valence-corrected chi connectivity index (χ1v) is 8.65. The van der Waals surface area contributed by atoms with Gasteiger partial charge in [0.25, 0.3) is 0 Å². The van der Waals surface area contributed by atoms with Crippen molar-refractivity contribution in [2.75, 3.05) is 14.1 Å². The zero-order chi connectivity index (χ0) is 17.4. The molecule has 124 valence electrons. The topological polar surface area (TPSA) is 16.1 Å². The van der Waals surface area contributed by atoms with Crippen LogP contribution in [0.2, 0.25) is 0 Å². The molecule has 4 rings (SSSR count). The van der Waals surface area contributed by atoms with Gasteiger partial charge >= 0.3 is 0 Å². The molecule has 0 N–H and O–H groups in total. The Hall–Kier alpha value is -2.71. The van der Waals surface area contributed by atoms with Crippen molar-refractivity contribution in [3.05, 3.63) is 78.0 Å². The minimum Gasteiger partial charge on any atom is -0.305 e. The zero-order valence-corrected chi connectivity index (χ0v) is 15.0. The van der Waals surface area contributed by atoms with E-state index in [1.54, 1.807) is 0 Å². The monoisotopic (exact) mass is 326 g/mol. The van der Waals surface area contributed by atoms with Gasteiger partial charge in [-0.05, 0) is 48.3 Å². The molecule has 0 unspecified atom stereocenters. The number of benzene rings is 3. The third-order valence-corrected chi connectivity index (χ3v) is 4.76. The number of hydrogen-bond acceptors (Lipinski definition) is 2. The second kappa shape index (κ2) is 6.30. The van der Waals surface area contributed by atoms with Crippen LogP contribution in [0.1, 0.15) is 11.1 Å². The van der Waals surface area contributed by atoms with Crippen LogP contribution < -0.4 is 0 Å². The summed E-state index contributed by atoms with van der Waals surface area (Å²) in [5.41, 5.74) is 4.83. The lowest BCUT2D eigenvalue weighted by molar-refractivity contribution is 0.403. The van der Waals surface area contributed by atoms with Gasteiger partial charge in [-0.2, -0.15) is 0 Å². The van der Waals surface area contributed by atoms with Crippen LogP contribution in [0, 0.1) is 6.92 Å². The average molecular weight is 326 g/mol. The lowest BCUT2D eigenvalue weighted by atomic mass is 9.95. The highest BCUT2D eigenvalue weighted by Gasteiger charge is 2.12. The molecule has 2 nitrogen and oxygen atoms in total. The van der Waals surface area contributed by atoms with Gasteiger partial charge in [0.1, 0.15) is 0 Å². The van der Waals surface area contributed by atoms with Crippen LogP contribution in [-0.4, -0.2) is 24.0 Å². The highest BCUT2D eigenvalue weighted by molar-refractivity contribution is 6.05. The number of nitrogens with zero attached hydrogens (tertiary/aromatic N) is 2. The van der Waals surface area contributed by atoms with Crippen molar-refractivity contribution >= 4 is 21.5 Å². The Kier molecular flexibility index (Phi) is 3.98. The Morgan fingerprint density at radius 1 is 0.760 bits per heavy atom. The maximum absolute atomic E-state index is 4.88. The van der Waals surface area contributed by atoms with Gasteiger partial charge < -0.3 is 4.90 Å². The molecule has 0 radical (unpaired) electrons. The van der Waals surface area contributed by atoms with E-state index in [-0.39, 0.29) is 0 Å². The molecule has 0 amide bonds. The summed E-state index contributed by atoms with van der Waals surface area (Å²) in [5.74, 6) is 0. The molecular formula is C23H22N2. The van der Waals surface area contributed by atoms with Crippen molar-refractivity contribution in [3.63, 3.8) is 0 Å². The molecule has 0 aliphatic rings. The molecule has 0 atom stereocenters. The van der Waals surface area contributed by atoms with Gasteiger partial charge in [0.05, 0.1) is 5.69 Å². The molecule has 0 bridgehead atoms. The van der Waals surface area contributed by atoms with Gasteiger partial charge in [0.2, 0.25) is 0 Å². The van der Waals surface area contributed by atoms with Crippen molar-refractivity contribution in [3.8, 4) is 11.3 Å². The average Bonchev–Trinajstić information content (AvgIpc) is 2.62. The second-order valence-electron chi connectivity index (χ2n) is 6.89. The molecule has 1 aromatic heterocycles. The Morgan fingerprint density at radius 2 is 1.44 bits per heavy atom. The molecule has 0 spiro atoms. The van der Waals surface area contributed by atoms with Crippen LogP contribution in [0.25, 0.3) is 32.8 Å². The summed E-state index contributed by atoms with van der Waals surface area (Å²) in [4.78, 5) is 7.07. The largest absolute Gasteiger partial charge is 0.305 e. The van der Waals surface area contributed by atoms with E-state index in [1.807, 2.05) is 6.20 Å². The standard InChI is InChI=1S/C23H22N2/c1-16-8-6-12-20-18(16)11-7-13-22(20)23-21-10-5-4-9-19(21)17(14-24-23)15-25(2)3/h4-14H,15H2,1-3H3. The van der Waals surface area contributed by atoms with Gasteiger partial charge in [-0.1, -0.05) is 60.7 Å². The molecule has 1 heterocycles. The van der Waals surface area contributed by atoms with Crippen molar-refractivity contribution in [2.24, 2.45) is 0 Å². The predicted molar refractivity (Wildman–Crippen MR) is 107 cm³/mol. The van der Waals surface area contributed by atoms with Gasteiger partial charge in [-0.3, -0.25) is 4.98 Å². The van der Waals surface area contributed by atoms with Crippen molar-refractivity contribution < 1.29 is 0 Å². The third-order valence-electron chi connectivity index (χ3n) is 4.76. The highest BCUT2D eigenvalue weighted by Crippen LogP contribution is 2.34. The minimum absolute atomic E-state index is 0.891.